The Morgan fingerprint density at radius 1 is 1.32 bits per heavy atom. The van der Waals surface area contributed by atoms with Crippen LogP contribution in [0.2, 0.25) is 0 Å². The highest BCUT2D eigenvalue weighted by atomic mass is 16.2. The van der Waals surface area contributed by atoms with Gasteiger partial charge in [0.25, 0.3) is 5.91 Å². The lowest BCUT2D eigenvalue weighted by atomic mass is 10.0. The molecule has 0 radical (unpaired) electrons. The van der Waals surface area contributed by atoms with Crippen LogP contribution in [0.4, 0.5) is 0 Å². The standard InChI is InChI=1S/C18H18N6O4/c1-10(25)19-7-12-9-24(22-21-12)13-2-3-14-11(6-13)8-23(18(14)28)15-4-5-16(26)20-17(15)27/h2-3,6,9,15H,4-5,7-8H2,1H3,(H,19,25)(H,20,26,27). The molecule has 1 fully saturated rings. The summed E-state index contributed by atoms with van der Waals surface area (Å²) in [5.41, 5.74) is 2.65. The Morgan fingerprint density at radius 3 is 2.89 bits per heavy atom. The van der Waals surface area contributed by atoms with Crippen LogP contribution in [0.1, 0.15) is 41.4 Å². The van der Waals surface area contributed by atoms with Crippen LogP contribution in [-0.4, -0.2) is 49.6 Å². The summed E-state index contributed by atoms with van der Waals surface area (Å²) in [5.74, 6) is -1.12. The number of imide groups is 1. The number of fused-ring (bicyclic) bond motifs is 1. The van der Waals surface area contributed by atoms with Crippen molar-refractivity contribution in [3.05, 3.63) is 41.2 Å². The average molecular weight is 382 g/mol. The van der Waals surface area contributed by atoms with Gasteiger partial charge in [0.15, 0.2) is 0 Å². The minimum atomic E-state index is -0.642. The maximum absolute atomic E-state index is 12.7. The molecule has 0 bridgehead atoms. The molecule has 0 spiro atoms. The lowest BCUT2D eigenvalue weighted by molar-refractivity contribution is -0.137. The Morgan fingerprint density at radius 2 is 2.14 bits per heavy atom. The molecule has 2 aliphatic heterocycles. The molecule has 2 N–H and O–H groups in total. The molecule has 2 aliphatic rings. The molecule has 144 valence electrons. The summed E-state index contributed by atoms with van der Waals surface area (Å²) in [6.45, 7) is 2.00. The Balaban J connectivity index is 1.53. The highest BCUT2D eigenvalue weighted by Gasteiger charge is 2.39. The summed E-state index contributed by atoms with van der Waals surface area (Å²) in [6, 6.07) is 4.64. The van der Waals surface area contributed by atoms with Crippen LogP contribution in [0.3, 0.4) is 0 Å². The van der Waals surface area contributed by atoms with Crippen molar-refractivity contribution in [2.45, 2.75) is 38.9 Å². The molecule has 1 atom stereocenters. The first-order valence-electron chi connectivity index (χ1n) is 8.86. The van der Waals surface area contributed by atoms with E-state index in [0.29, 0.717) is 24.2 Å². The number of amides is 4. The second-order valence-corrected chi connectivity index (χ2v) is 6.81. The van der Waals surface area contributed by atoms with Gasteiger partial charge in [-0.25, -0.2) is 4.68 Å². The van der Waals surface area contributed by atoms with Crippen LogP contribution in [0.5, 0.6) is 0 Å². The number of nitrogens with zero attached hydrogens (tertiary/aromatic N) is 4. The zero-order valence-electron chi connectivity index (χ0n) is 15.1. The number of carbonyl (C=O) groups excluding carboxylic acids is 4. The van der Waals surface area contributed by atoms with Crippen molar-refractivity contribution in [2.24, 2.45) is 0 Å². The van der Waals surface area contributed by atoms with Gasteiger partial charge >= 0.3 is 0 Å². The fourth-order valence-electron chi connectivity index (χ4n) is 3.42. The Hall–Kier alpha value is -3.56. The van der Waals surface area contributed by atoms with Gasteiger partial charge in [0, 0.05) is 25.5 Å². The zero-order chi connectivity index (χ0) is 19.8. The summed E-state index contributed by atoms with van der Waals surface area (Å²) < 4.78 is 1.57. The number of aromatic nitrogens is 3. The monoisotopic (exact) mass is 382 g/mol. The van der Waals surface area contributed by atoms with Crippen LogP contribution in [-0.2, 0) is 27.5 Å². The molecule has 10 nitrogen and oxygen atoms in total. The van der Waals surface area contributed by atoms with E-state index in [1.165, 1.54) is 11.8 Å². The summed E-state index contributed by atoms with van der Waals surface area (Å²) in [7, 11) is 0. The molecule has 0 aliphatic carbocycles. The number of hydrogen-bond acceptors (Lipinski definition) is 6. The van der Waals surface area contributed by atoms with Crippen LogP contribution in [0, 0.1) is 0 Å². The second kappa shape index (κ2) is 6.87. The Kier molecular flexibility index (Phi) is 4.38. The van der Waals surface area contributed by atoms with E-state index in [4.69, 9.17) is 0 Å². The molecule has 1 saturated heterocycles. The van der Waals surface area contributed by atoms with Crippen LogP contribution in [0.25, 0.3) is 5.69 Å². The first kappa shape index (κ1) is 17.8. The quantitative estimate of drug-likeness (QED) is 0.697. The van der Waals surface area contributed by atoms with E-state index >= 15 is 0 Å². The summed E-state index contributed by atoms with van der Waals surface area (Å²) >= 11 is 0. The molecule has 1 unspecified atom stereocenters. The van der Waals surface area contributed by atoms with Gasteiger partial charge in [-0.05, 0) is 30.2 Å². The lowest BCUT2D eigenvalue weighted by Gasteiger charge is -2.29. The molecule has 10 heteroatoms. The molecule has 2 aromatic rings. The predicted molar refractivity (Wildman–Crippen MR) is 94.9 cm³/mol. The Bertz CT molecular complexity index is 998. The number of piperidine rings is 1. The van der Waals surface area contributed by atoms with Gasteiger partial charge in [-0.15, -0.1) is 5.10 Å². The number of nitrogens with one attached hydrogen (secondary N) is 2. The summed E-state index contributed by atoms with van der Waals surface area (Å²) in [5, 5.41) is 13.0. The van der Waals surface area contributed by atoms with Crippen LogP contribution >= 0.6 is 0 Å². The van der Waals surface area contributed by atoms with Crippen molar-refractivity contribution in [2.75, 3.05) is 0 Å². The van der Waals surface area contributed by atoms with E-state index < -0.39 is 11.9 Å². The normalized spacial score (nSPS) is 18.8. The number of hydrogen-bond donors (Lipinski definition) is 2. The van der Waals surface area contributed by atoms with Crippen LogP contribution < -0.4 is 10.6 Å². The first-order chi connectivity index (χ1) is 13.4. The van der Waals surface area contributed by atoms with E-state index in [9.17, 15) is 19.2 Å². The molecule has 1 aromatic carbocycles. The SMILES string of the molecule is CC(=O)NCc1cn(-c2ccc3c(c2)CN(C2CCC(=O)NC2=O)C3=O)nn1. The fourth-order valence-corrected chi connectivity index (χ4v) is 3.42. The van der Waals surface area contributed by atoms with Crippen molar-refractivity contribution in [3.63, 3.8) is 0 Å². The Labute approximate surface area is 159 Å². The number of rotatable bonds is 4. The van der Waals surface area contributed by atoms with Gasteiger partial charge < -0.3 is 10.2 Å². The molecule has 1 aromatic heterocycles. The van der Waals surface area contributed by atoms with Crippen molar-refractivity contribution < 1.29 is 19.2 Å². The molecular formula is C18H18N6O4. The van der Waals surface area contributed by atoms with Crippen LogP contribution in [0.15, 0.2) is 24.4 Å². The predicted octanol–water partition coefficient (Wildman–Crippen LogP) is -0.336. The molecule has 3 heterocycles. The minimum Gasteiger partial charge on any atom is -0.351 e. The minimum absolute atomic E-state index is 0.154. The van der Waals surface area contributed by atoms with E-state index in [2.05, 4.69) is 20.9 Å². The van der Waals surface area contributed by atoms with Gasteiger partial charge in [0.1, 0.15) is 11.7 Å². The van der Waals surface area contributed by atoms with Gasteiger partial charge in [-0.2, -0.15) is 0 Å². The molecular weight excluding hydrogens is 364 g/mol. The maximum Gasteiger partial charge on any atom is 0.255 e. The van der Waals surface area contributed by atoms with Crippen molar-refractivity contribution in [3.8, 4) is 5.69 Å². The lowest BCUT2D eigenvalue weighted by Crippen LogP contribution is -2.52. The summed E-state index contributed by atoms with van der Waals surface area (Å²) in [4.78, 5) is 48.7. The van der Waals surface area contributed by atoms with Crippen molar-refractivity contribution in [1.82, 2.24) is 30.5 Å². The third-order valence-corrected chi connectivity index (χ3v) is 4.83. The third-order valence-electron chi connectivity index (χ3n) is 4.83. The van der Waals surface area contributed by atoms with Crippen molar-refractivity contribution >= 4 is 23.6 Å². The van der Waals surface area contributed by atoms with Gasteiger partial charge in [0.2, 0.25) is 17.7 Å². The fraction of sp³-hybridized carbons (Fsp3) is 0.333. The van der Waals surface area contributed by atoms with E-state index in [0.717, 1.165) is 11.3 Å². The molecule has 0 saturated carbocycles. The molecule has 28 heavy (non-hydrogen) atoms. The first-order valence-corrected chi connectivity index (χ1v) is 8.86. The largest absolute Gasteiger partial charge is 0.351 e. The summed E-state index contributed by atoms with van der Waals surface area (Å²) in [6.07, 6.45) is 2.25. The van der Waals surface area contributed by atoms with E-state index in [1.54, 1.807) is 23.0 Å². The number of carbonyl (C=O) groups is 4. The smallest absolute Gasteiger partial charge is 0.255 e. The van der Waals surface area contributed by atoms with Gasteiger partial charge in [0.05, 0.1) is 18.4 Å². The van der Waals surface area contributed by atoms with Gasteiger partial charge in [-0.3, -0.25) is 24.5 Å². The highest BCUT2D eigenvalue weighted by molar-refractivity contribution is 6.05. The van der Waals surface area contributed by atoms with Gasteiger partial charge in [-0.1, -0.05) is 5.21 Å². The third kappa shape index (κ3) is 3.24. The number of benzene rings is 1. The van der Waals surface area contributed by atoms with E-state index in [1.807, 2.05) is 6.07 Å². The topological polar surface area (TPSA) is 126 Å². The van der Waals surface area contributed by atoms with Crippen molar-refractivity contribution in [1.29, 1.82) is 0 Å². The maximum atomic E-state index is 12.7. The zero-order valence-corrected chi connectivity index (χ0v) is 15.1. The molecule has 4 amide bonds. The average Bonchev–Trinajstić information content (AvgIpc) is 3.25. The van der Waals surface area contributed by atoms with E-state index in [-0.39, 0.29) is 30.7 Å². The highest BCUT2D eigenvalue weighted by Crippen LogP contribution is 2.28. The second-order valence-electron chi connectivity index (χ2n) is 6.81. The molecule has 4 rings (SSSR count).